The standard InChI is InChI=1S/C14H21ClN2O/c1-4-11(5-2)17-14(18)16-10(3)12-8-6-7-9-13(12)15/h6-11H,4-5H2,1-3H3,(H2,16,17,18)/t10-/m0/s1. The van der Waals surface area contributed by atoms with Gasteiger partial charge in [0.1, 0.15) is 0 Å². The van der Waals surface area contributed by atoms with Crippen LogP contribution < -0.4 is 10.6 Å². The molecule has 0 unspecified atom stereocenters. The van der Waals surface area contributed by atoms with E-state index in [2.05, 4.69) is 24.5 Å². The molecule has 0 saturated carbocycles. The van der Waals surface area contributed by atoms with Gasteiger partial charge in [-0.25, -0.2) is 4.79 Å². The summed E-state index contributed by atoms with van der Waals surface area (Å²) in [6, 6.07) is 7.52. The molecule has 1 aromatic carbocycles. The number of hydrogen-bond donors (Lipinski definition) is 2. The normalized spacial score (nSPS) is 12.3. The molecule has 1 atom stereocenters. The molecule has 2 amide bonds. The zero-order valence-electron chi connectivity index (χ0n) is 11.2. The van der Waals surface area contributed by atoms with Crippen molar-refractivity contribution < 1.29 is 4.79 Å². The van der Waals surface area contributed by atoms with Crippen molar-refractivity contribution in [1.82, 2.24) is 10.6 Å². The van der Waals surface area contributed by atoms with Crippen LogP contribution in [0.3, 0.4) is 0 Å². The van der Waals surface area contributed by atoms with Crippen molar-refractivity contribution in [2.75, 3.05) is 0 Å². The van der Waals surface area contributed by atoms with Crippen molar-refractivity contribution in [2.24, 2.45) is 0 Å². The predicted octanol–water partition coefficient (Wildman–Crippen LogP) is 3.89. The fraction of sp³-hybridized carbons (Fsp3) is 0.500. The lowest BCUT2D eigenvalue weighted by Crippen LogP contribution is -2.42. The summed E-state index contributed by atoms with van der Waals surface area (Å²) in [5.41, 5.74) is 0.930. The summed E-state index contributed by atoms with van der Waals surface area (Å²) in [4.78, 5) is 11.8. The quantitative estimate of drug-likeness (QED) is 0.836. The molecule has 0 aliphatic rings. The number of benzene rings is 1. The molecular formula is C14H21ClN2O. The van der Waals surface area contributed by atoms with Gasteiger partial charge in [-0.2, -0.15) is 0 Å². The first-order chi connectivity index (χ1) is 8.58. The Balaban J connectivity index is 2.57. The van der Waals surface area contributed by atoms with Gasteiger partial charge in [-0.1, -0.05) is 43.6 Å². The van der Waals surface area contributed by atoms with Crippen molar-refractivity contribution in [2.45, 2.75) is 45.7 Å². The minimum Gasteiger partial charge on any atom is -0.335 e. The Morgan fingerprint density at radius 3 is 2.39 bits per heavy atom. The Kier molecular flexibility index (Phi) is 5.99. The summed E-state index contributed by atoms with van der Waals surface area (Å²) in [5.74, 6) is 0. The van der Waals surface area contributed by atoms with Gasteiger partial charge in [0.25, 0.3) is 0 Å². The number of halogens is 1. The summed E-state index contributed by atoms with van der Waals surface area (Å²) in [6.07, 6.45) is 1.87. The third-order valence-corrected chi connectivity index (χ3v) is 3.38. The zero-order chi connectivity index (χ0) is 13.5. The summed E-state index contributed by atoms with van der Waals surface area (Å²) in [5, 5.41) is 6.52. The summed E-state index contributed by atoms with van der Waals surface area (Å²) in [6.45, 7) is 6.05. The Bertz CT molecular complexity index is 391. The van der Waals surface area contributed by atoms with Crippen LogP contribution in [0, 0.1) is 0 Å². The highest BCUT2D eigenvalue weighted by atomic mass is 35.5. The van der Waals surface area contributed by atoms with E-state index in [9.17, 15) is 4.79 Å². The molecule has 0 aromatic heterocycles. The lowest BCUT2D eigenvalue weighted by Gasteiger charge is -2.19. The van der Waals surface area contributed by atoms with E-state index in [4.69, 9.17) is 11.6 Å². The van der Waals surface area contributed by atoms with Gasteiger partial charge in [-0.15, -0.1) is 0 Å². The molecule has 0 saturated heterocycles. The first kappa shape index (κ1) is 14.8. The van der Waals surface area contributed by atoms with E-state index >= 15 is 0 Å². The Morgan fingerprint density at radius 2 is 1.83 bits per heavy atom. The molecule has 18 heavy (non-hydrogen) atoms. The van der Waals surface area contributed by atoms with Crippen LogP contribution in [0.1, 0.15) is 45.2 Å². The predicted molar refractivity (Wildman–Crippen MR) is 75.9 cm³/mol. The minimum absolute atomic E-state index is 0.104. The van der Waals surface area contributed by atoms with Crippen LogP contribution in [0.25, 0.3) is 0 Å². The van der Waals surface area contributed by atoms with Crippen molar-refractivity contribution >= 4 is 17.6 Å². The molecule has 1 aromatic rings. The summed E-state index contributed by atoms with van der Waals surface area (Å²) in [7, 11) is 0. The second-order valence-corrected chi connectivity index (χ2v) is 4.78. The molecule has 3 nitrogen and oxygen atoms in total. The Hall–Kier alpha value is -1.22. The van der Waals surface area contributed by atoms with Gasteiger partial charge < -0.3 is 10.6 Å². The average molecular weight is 269 g/mol. The second-order valence-electron chi connectivity index (χ2n) is 4.37. The van der Waals surface area contributed by atoms with E-state index in [1.807, 2.05) is 31.2 Å². The van der Waals surface area contributed by atoms with Crippen molar-refractivity contribution in [3.63, 3.8) is 0 Å². The lowest BCUT2D eigenvalue weighted by molar-refractivity contribution is 0.233. The van der Waals surface area contributed by atoms with Gasteiger partial charge in [0, 0.05) is 11.1 Å². The number of nitrogens with one attached hydrogen (secondary N) is 2. The molecule has 2 N–H and O–H groups in total. The second kappa shape index (κ2) is 7.27. The molecule has 4 heteroatoms. The number of amides is 2. The maximum Gasteiger partial charge on any atom is 0.315 e. The molecule has 0 radical (unpaired) electrons. The van der Waals surface area contributed by atoms with E-state index in [-0.39, 0.29) is 18.1 Å². The first-order valence-electron chi connectivity index (χ1n) is 6.39. The molecule has 0 heterocycles. The van der Waals surface area contributed by atoms with Crippen LogP contribution in [-0.4, -0.2) is 12.1 Å². The Labute approximate surface area is 114 Å². The van der Waals surface area contributed by atoms with Crippen molar-refractivity contribution in [1.29, 1.82) is 0 Å². The number of rotatable bonds is 5. The minimum atomic E-state index is -0.142. The van der Waals surface area contributed by atoms with E-state index in [1.54, 1.807) is 0 Å². The van der Waals surface area contributed by atoms with Gasteiger partial charge in [0.05, 0.1) is 6.04 Å². The maximum atomic E-state index is 11.8. The van der Waals surface area contributed by atoms with Crippen LogP contribution in [0.15, 0.2) is 24.3 Å². The fourth-order valence-corrected chi connectivity index (χ4v) is 2.12. The maximum absolute atomic E-state index is 11.8. The smallest absolute Gasteiger partial charge is 0.315 e. The van der Waals surface area contributed by atoms with E-state index in [0.29, 0.717) is 5.02 Å². The van der Waals surface area contributed by atoms with Crippen molar-refractivity contribution in [3.05, 3.63) is 34.9 Å². The first-order valence-corrected chi connectivity index (χ1v) is 6.77. The number of carbonyl (C=O) groups is 1. The molecule has 0 spiro atoms. The average Bonchev–Trinajstić information content (AvgIpc) is 2.36. The van der Waals surface area contributed by atoms with Gasteiger partial charge >= 0.3 is 6.03 Å². The van der Waals surface area contributed by atoms with Gasteiger partial charge in [-0.3, -0.25) is 0 Å². The summed E-state index contributed by atoms with van der Waals surface area (Å²) < 4.78 is 0. The van der Waals surface area contributed by atoms with Gasteiger partial charge in [0.15, 0.2) is 0 Å². The van der Waals surface area contributed by atoms with Crippen LogP contribution >= 0.6 is 11.6 Å². The molecule has 100 valence electrons. The van der Waals surface area contributed by atoms with Crippen LogP contribution in [0.5, 0.6) is 0 Å². The molecular weight excluding hydrogens is 248 g/mol. The summed E-state index contributed by atoms with van der Waals surface area (Å²) >= 11 is 6.09. The molecule has 1 rings (SSSR count). The molecule has 0 aliphatic heterocycles. The van der Waals surface area contributed by atoms with Crippen molar-refractivity contribution in [3.8, 4) is 0 Å². The number of urea groups is 1. The Morgan fingerprint density at radius 1 is 1.22 bits per heavy atom. The van der Waals surface area contributed by atoms with E-state index in [0.717, 1.165) is 18.4 Å². The highest BCUT2D eigenvalue weighted by Gasteiger charge is 2.13. The van der Waals surface area contributed by atoms with E-state index < -0.39 is 0 Å². The van der Waals surface area contributed by atoms with Crippen LogP contribution in [-0.2, 0) is 0 Å². The molecule has 0 fully saturated rings. The van der Waals surface area contributed by atoms with E-state index in [1.165, 1.54) is 0 Å². The zero-order valence-corrected chi connectivity index (χ0v) is 11.9. The third-order valence-electron chi connectivity index (χ3n) is 3.04. The highest BCUT2D eigenvalue weighted by Crippen LogP contribution is 2.21. The van der Waals surface area contributed by atoms with Crippen LogP contribution in [0.4, 0.5) is 4.79 Å². The highest BCUT2D eigenvalue weighted by molar-refractivity contribution is 6.31. The van der Waals surface area contributed by atoms with Gasteiger partial charge in [-0.05, 0) is 31.4 Å². The molecule has 0 aliphatic carbocycles. The monoisotopic (exact) mass is 268 g/mol. The topological polar surface area (TPSA) is 41.1 Å². The number of carbonyl (C=O) groups excluding carboxylic acids is 1. The van der Waals surface area contributed by atoms with Crippen LogP contribution in [0.2, 0.25) is 5.02 Å². The fourth-order valence-electron chi connectivity index (χ4n) is 1.82. The third kappa shape index (κ3) is 4.22. The SMILES string of the molecule is CCC(CC)NC(=O)N[C@@H](C)c1ccccc1Cl. The number of hydrogen-bond acceptors (Lipinski definition) is 1. The van der Waals surface area contributed by atoms with Gasteiger partial charge in [0.2, 0.25) is 0 Å². The molecule has 0 bridgehead atoms. The lowest BCUT2D eigenvalue weighted by atomic mass is 10.1. The largest absolute Gasteiger partial charge is 0.335 e.